The van der Waals surface area contributed by atoms with Crippen LogP contribution in [-0.2, 0) is 19.3 Å². The summed E-state index contributed by atoms with van der Waals surface area (Å²) in [6.07, 6.45) is 5.44. The molecule has 0 aliphatic rings. The normalized spacial score (nSPS) is 11.0. The first-order valence-corrected chi connectivity index (χ1v) is 8.36. The maximum atomic E-state index is 8.87. The van der Waals surface area contributed by atoms with Crippen molar-refractivity contribution in [2.45, 2.75) is 19.3 Å². The lowest BCUT2D eigenvalue weighted by Gasteiger charge is -2.02. The van der Waals surface area contributed by atoms with Crippen LogP contribution in [-0.4, -0.2) is 21.7 Å². The van der Waals surface area contributed by atoms with Gasteiger partial charge in [0, 0.05) is 37.4 Å². The number of nitrogens with zero attached hydrogens (tertiary/aromatic N) is 2. The molecule has 2 aromatic heterocycles. The number of furan rings is 1. The van der Waals surface area contributed by atoms with Crippen molar-refractivity contribution < 1.29 is 9.52 Å². The summed E-state index contributed by atoms with van der Waals surface area (Å²) in [7, 11) is 0. The Kier molecular flexibility index (Phi) is 5.51. The van der Waals surface area contributed by atoms with Crippen LogP contribution < -0.4 is 0 Å². The second kappa shape index (κ2) is 7.79. The van der Waals surface area contributed by atoms with Crippen molar-refractivity contribution in [2.75, 3.05) is 6.61 Å². The molecule has 0 saturated carbocycles. The van der Waals surface area contributed by atoms with Crippen LogP contribution in [0.2, 0.25) is 10.0 Å². The molecular formula is C18H16Cl2N2O2. The Balaban J connectivity index is 1.64. The molecule has 0 fully saturated rings. The largest absolute Gasteiger partial charge is 0.461 e. The van der Waals surface area contributed by atoms with E-state index in [9.17, 15) is 0 Å². The van der Waals surface area contributed by atoms with Gasteiger partial charge in [0.2, 0.25) is 0 Å². The number of halogens is 2. The van der Waals surface area contributed by atoms with Gasteiger partial charge in [-0.2, -0.15) is 0 Å². The van der Waals surface area contributed by atoms with Crippen molar-refractivity contribution in [2.24, 2.45) is 0 Å². The van der Waals surface area contributed by atoms with Gasteiger partial charge in [-0.1, -0.05) is 23.2 Å². The van der Waals surface area contributed by atoms with Crippen molar-refractivity contribution in [3.05, 3.63) is 69.9 Å². The maximum Gasteiger partial charge on any atom is 0.134 e. The van der Waals surface area contributed by atoms with Crippen molar-refractivity contribution in [1.29, 1.82) is 0 Å². The molecule has 0 saturated heterocycles. The molecule has 124 valence electrons. The SMILES string of the molecule is OCCc1cnc(CCc2ccc(-c3ccc(Cl)c(Cl)c3)o2)cn1. The third kappa shape index (κ3) is 4.15. The van der Waals surface area contributed by atoms with Crippen LogP contribution in [0.4, 0.5) is 0 Å². The van der Waals surface area contributed by atoms with E-state index in [1.807, 2.05) is 18.2 Å². The summed E-state index contributed by atoms with van der Waals surface area (Å²) < 4.78 is 5.87. The molecule has 0 radical (unpaired) electrons. The fourth-order valence-corrected chi connectivity index (χ4v) is 2.62. The van der Waals surface area contributed by atoms with E-state index in [1.54, 1.807) is 24.5 Å². The number of benzene rings is 1. The van der Waals surface area contributed by atoms with Gasteiger partial charge >= 0.3 is 0 Å². The average molecular weight is 363 g/mol. The summed E-state index contributed by atoms with van der Waals surface area (Å²) in [5.74, 6) is 1.63. The highest BCUT2D eigenvalue weighted by molar-refractivity contribution is 6.42. The summed E-state index contributed by atoms with van der Waals surface area (Å²) in [6, 6.07) is 9.29. The first-order valence-electron chi connectivity index (χ1n) is 7.60. The van der Waals surface area contributed by atoms with Crippen LogP contribution >= 0.6 is 23.2 Å². The quantitative estimate of drug-likeness (QED) is 0.707. The third-order valence-corrected chi connectivity index (χ3v) is 4.36. The zero-order chi connectivity index (χ0) is 16.9. The number of aromatic nitrogens is 2. The number of hydrogen-bond acceptors (Lipinski definition) is 4. The summed E-state index contributed by atoms with van der Waals surface area (Å²) in [4.78, 5) is 8.62. The van der Waals surface area contributed by atoms with Crippen molar-refractivity contribution >= 4 is 23.2 Å². The van der Waals surface area contributed by atoms with Crippen LogP contribution in [0.1, 0.15) is 17.1 Å². The van der Waals surface area contributed by atoms with Gasteiger partial charge in [-0.15, -0.1) is 0 Å². The van der Waals surface area contributed by atoms with Gasteiger partial charge in [0.15, 0.2) is 0 Å². The number of hydrogen-bond donors (Lipinski definition) is 1. The molecule has 0 bridgehead atoms. The van der Waals surface area contributed by atoms with Crippen LogP contribution in [0.5, 0.6) is 0 Å². The zero-order valence-corrected chi connectivity index (χ0v) is 14.4. The molecule has 0 amide bonds. The molecule has 4 nitrogen and oxygen atoms in total. The Hall–Kier alpha value is -1.88. The number of aliphatic hydroxyl groups is 1. The molecule has 3 rings (SSSR count). The predicted octanol–water partition coefficient (Wildman–Crippen LogP) is 4.36. The molecule has 3 aromatic rings. The zero-order valence-electron chi connectivity index (χ0n) is 12.9. The second-order valence-electron chi connectivity index (χ2n) is 5.37. The monoisotopic (exact) mass is 362 g/mol. The lowest BCUT2D eigenvalue weighted by atomic mass is 10.2. The van der Waals surface area contributed by atoms with Gasteiger partial charge in [0.1, 0.15) is 11.5 Å². The Labute approximate surface area is 150 Å². The van der Waals surface area contributed by atoms with Gasteiger partial charge in [-0.3, -0.25) is 9.97 Å². The van der Waals surface area contributed by atoms with Crippen molar-refractivity contribution in [3.8, 4) is 11.3 Å². The first-order chi connectivity index (χ1) is 11.7. The van der Waals surface area contributed by atoms with Gasteiger partial charge in [0.25, 0.3) is 0 Å². The van der Waals surface area contributed by atoms with E-state index in [0.29, 0.717) is 16.5 Å². The summed E-state index contributed by atoms with van der Waals surface area (Å²) in [5, 5.41) is 9.90. The van der Waals surface area contributed by atoms with E-state index in [1.165, 1.54) is 0 Å². The Bertz CT molecular complexity index is 816. The molecule has 1 N–H and O–H groups in total. The average Bonchev–Trinajstić information content (AvgIpc) is 3.06. The van der Waals surface area contributed by atoms with Crippen LogP contribution in [0.3, 0.4) is 0 Å². The Morgan fingerprint density at radius 2 is 1.62 bits per heavy atom. The van der Waals surface area contributed by atoms with Crippen LogP contribution in [0.15, 0.2) is 47.1 Å². The number of rotatable bonds is 6. The number of aliphatic hydroxyl groups excluding tert-OH is 1. The van der Waals surface area contributed by atoms with Crippen molar-refractivity contribution in [1.82, 2.24) is 9.97 Å². The van der Waals surface area contributed by atoms with E-state index in [0.717, 1.165) is 41.3 Å². The highest BCUT2D eigenvalue weighted by Crippen LogP contribution is 2.29. The third-order valence-electron chi connectivity index (χ3n) is 3.62. The molecule has 0 unspecified atom stereocenters. The van der Waals surface area contributed by atoms with E-state index in [4.69, 9.17) is 32.7 Å². The number of aryl methyl sites for hydroxylation is 2. The maximum absolute atomic E-state index is 8.87. The summed E-state index contributed by atoms with van der Waals surface area (Å²) >= 11 is 12.0. The molecular weight excluding hydrogens is 347 g/mol. The minimum absolute atomic E-state index is 0.0813. The summed E-state index contributed by atoms with van der Waals surface area (Å²) in [6.45, 7) is 0.0813. The van der Waals surface area contributed by atoms with Crippen LogP contribution in [0, 0.1) is 0 Å². The van der Waals surface area contributed by atoms with Crippen molar-refractivity contribution in [3.63, 3.8) is 0 Å². The molecule has 0 spiro atoms. The highest BCUT2D eigenvalue weighted by Gasteiger charge is 2.08. The fourth-order valence-electron chi connectivity index (χ4n) is 2.32. The lowest BCUT2D eigenvalue weighted by Crippen LogP contribution is -1.99. The highest BCUT2D eigenvalue weighted by atomic mass is 35.5. The molecule has 0 atom stereocenters. The smallest absolute Gasteiger partial charge is 0.134 e. The molecule has 6 heteroatoms. The first kappa shape index (κ1) is 17.0. The molecule has 0 aliphatic heterocycles. The van der Waals surface area contributed by atoms with Gasteiger partial charge in [-0.25, -0.2) is 0 Å². The standard InChI is InChI=1S/C18H16Cl2N2O2/c19-16-5-1-12(9-17(16)20)18-6-4-15(24-18)3-2-13-10-22-14(7-8-23)11-21-13/h1,4-6,9-11,23H,2-3,7-8H2. The van der Waals surface area contributed by atoms with Crippen LogP contribution in [0.25, 0.3) is 11.3 Å². The molecule has 2 heterocycles. The Morgan fingerprint density at radius 3 is 2.29 bits per heavy atom. The second-order valence-corrected chi connectivity index (χ2v) is 6.18. The minimum Gasteiger partial charge on any atom is -0.461 e. The van der Waals surface area contributed by atoms with E-state index in [2.05, 4.69) is 9.97 Å². The van der Waals surface area contributed by atoms with E-state index in [-0.39, 0.29) is 6.61 Å². The molecule has 0 aliphatic carbocycles. The topological polar surface area (TPSA) is 59.2 Å². The fraction of sp³-hybridized carbons (Fsp3) is 0.222. The molecule has 1 aromatic carbocycles. The summed E-state index contributed by atoms with van der Waals surface area (Å²) in [5.41, 5.74) is 2.58. The van der Waals surface area contributed by atoms with Gasteiger partial charge < -0.3 is 9.52 Å². The van der Waals surface area contributed by atoms with Gasteiger partial charge in [0.05, 0.1) is 21.4 Å². The van der Waals surface area contributed by atoms with Gasteiger partial charge in [-0.05, 0) is 36.8 Å². The molecule has 24 heavy (non-hydrogen) atoms. The predicted molar refractivity (Wildman–Crippen MR) is 94.4 cm³/mol. The van der Waals surface area contributed by atoms with E-state index < -0.39 is 0 Å². The van der Waals surface area contributed by atoms with E-state index >= 15 is 0 Å². The minimum atomic E-state index is 0.0813. The Morgan fingerprint density at radius 1 is 0.875 bits per heavy atom. The lowest BCUT2D eigenvalue weighted by molar-refractivity contribution is 0.298.